The molecule has 0 amide bonds. The van der Waals surface area contributed by atoms with E-state index in [2.05, 4.69) is 0 Å². The quantitative estimate of drug-likeness (QED) is 0.648. The van der Waals surface area contributed by atoms with Gasteiger partial charge in [-0.3, -0.25) is 0 Å². The van der Waals surface area contributed by atoms with E-state index >= 15 is 0 Å². The van der Waals surface area contributed by atoms with Crippen LogP contribution < -0.4 is 0 Å². The summed E-state index contributed by atoms with van der Waals surface area (Å²) in [5.41, 5.74) is 0. The van der Waals surface area contributed by atoms with Crippen LogP contribution in [-0.4, -0.2) is 15.0 Å². The monoisotopic (exact) mass is 294 g/mol. The van der Waals surface area contributed by atoms with E-state index in [0.717, 1.165) is 0 Å². The zero-order valence-corrected chi connectivity index (χ0v) is 10.2. The Morgan fingerprint density at radius 2 is 1.44 bits per heavy atom. The molecule has 0 aliphatic heterocycles. The van der Waals surface area contributed by atoms with Crippen LogP contribution in [0.25, 0.3) is 0 Å². The van der Waals surface area contributed by atoms with Gasteiger partial charge in [-0.15, -0.1) is 0 Å². The Labute approximate surface area is 70.9 Å². The Balaban J connectivity index is 2.42. The van der Waals surface area contributed by atoms with Gasteiger partial charge in [0.2, 0.25) is 0 Å². The van der Waals surface area contributed by atoms with Crippen molar-refractivity contribution in [3.63, 3.8) is 0 Å². The molecule has 0 aromatic carbocycles. The molecule has 0 bridgehead atoms. The van der Waals surface area contributed by atoms with Crippen LogP contribution in [0.15, 0.2) is 0 Å². The summed E-state index contributed by atoms with van der Waals surface area (Å²) < 4.78 is 0.518. The van der Waals surface area contributed by atoms with Gasteiger partial charge in [-0.1, -0.05) is 0 Å². The molecule has 0 nitrogen and oxygen atoms in total. The first-order valence-electron chi connectivity index (χ1n) is 3.17. The first-order valence-corrected chi connectivity index (χ1v) is 15.7. The molecule has 0 radical (unpaired) electrons. The molecule has 0 saturated heterocycles. The van der Waals surface area contributed by atoms with Gasteiger partial charge >= 0.3 is 71.4 Å². The zero-order valence-electron chi connectivity index (χ0n) is 5.04. The van der Waals surface area contributed by atoms with Crippen molar-refractivity contribution in [1.82, 2.24) is 0 Å². The van der Waals surface area contributed by atoms with Gasteiger partial charge in [-0.2, -0.15) is 0 Å². The normalized spacial score (nSPS) is 23.0. The first-order chi connectivity index (χ1) is 4.11. The van der Waals surface area contributed by atoms with Crippen molar-refractivity contribution < 1.29 is 0 Å². The summed E-state index contributed by atoms with van der Waals surface area (Å²) in [6.45, 7) is 0. The van der Waals surface area contributed by atoms with Crippen LogP contribution in [-0.2, 0) is 0 Å². The van der Waals surface area contributed by atoms with Gasteiger partial charge in [0.1, 0.15) is 0 Å². The molecule has 0 unspecified atom stereocenters. The number of hydrogen-bond donors (Lipinski definition) is 0. The predicted octanol–water partition coefficient (Wildman–Crippen LogP) is 3.59. The van der Waals surface area contributed by atoms with Crippen LogP contribution in [0.5, 0.6) is 0 Å². The van der Waals surface area contributed by atoms with Gasteiger partial charge in [-0.05, 0) is 0 Å². The summed E-state index contributed by atoms with van der Waals surface area (Å²) in [6, 6.07) is 0. The third kappa shape index (κ3) is 2.64. The van der Waals surface area contributed by atoms with Crippen molar-refractivity contribution in [3.05, 3.63) is 0 Å². The second-order valence-corrected chi connectivity index (χ2v) is 23.8. The summed E-state index contributed by atoms with van der Waals surface area (Å²) >= 11 is -2.98. The Morgan fingerprint density at radius 3 is 1.67 bits per heavy atom. The molecule has 1 aliphatic carbocycles. The van der Waals surface area contributed by atoms with Crippen LogP contribution in [0.1, 0.15) is 25.7 Å². The van der Waals surface area contributed by atoms with Crippen LogP contribution in [0, 0.1) is 0 Å². The van der Waals surface area contributed by atoms with Gasteiger partial charge in [0.25, 0.3) is 0 Å². The van der Waals surface area contributed by atoms with Crippen LogP contribution in [0.3, 0.4) is 0 Å². The second-order valence-electron chi connectivity index (χ2n) is 2.52. The standard InChI is InChI=1S/C5H9.3ClH.Sn/c1-2-4-5-3-1;;;;/h1H,2-5H2;3*1H;/q;;;;+3/p-3. The van der Waals surface area contributed by atoms with Crippen LogP contribution in [0.4, 0.5) is 0 Å². The van der Waals surface area contributed by atoms with Crippen molar-refractivity contribution in [1.29, 1.82) is 0 Å². The predicted molar refractivity (Wildman–Crippen MR) is 45.5 cm³/mol. The van der Waals surface area contributed by atoms with Gasteiger partial charge in [0, 0.05) is 0 Å². The molecule has 0 atom stereocenters. The molecule has 4 heteroatoms. The first kappa shape index (κ1) is 8.76. The van der Waals surface area contributed by atoms with E-state index in [1.807, 2.05) is 0 Å². The average Bonchev–Trinajstić information content (AvgIpc) is 2.08. The fraction of sp³-hybridized carbons (Fsp3) is 1.00. The summed E-state index contributed by atoms with van der Waals surface area (Å²) in [5, 5.41) is 0. The SMILES string of the molecule is [Cl][Sn]([Cl])([Cl])[CH]1CCCC1. The summed E-state index contributed by atoms with van der Waals surface area (Å²) in [5.74, 6) is 0. The van der Waals surface area contributed by atoms with Crippen molar-refractivity contribution in [2.75, 3.05) is 0 Å². The van der Waals surface area contributed by atoms with E-state index in [9.17, 15) is 0 Å². The van der Waals surface area contributed by atoms with E-state index in [0.29, 0.717) is 3.93 Å². The third-order valence-corrected chi connectivity index (χ3v) is 12.3. The summed E-state index contributed by atoms with van der Waals surface area (Å²) in [7, 11) is 17.6. The summed E-state index contributed by atoms with van der Waals surface area (Å²) in [4.78, 5) is 0. The van der Waals surface area contributed by atoms with E-state index in [1.54, 1.807) is 0 Å². The number of rotatable bonds is 1. The molecular formula is C5H9Cl3Sn. The van der Waals surface area contributed by atoms with E-state index in [4.69, 9.17) is 26.8 Å². The fourth-order valence-electron chi connectivity index (χ4n) is 1.25. The molecule has 0 heterocycles. The van der Waals surface area contributed by atoms with Crippen molar-refractivity contribution in [2.24, 2.45) is 0 Å². The Hall–Kier alpha value is 1.67. The fourth-order valence-corrected chi connectivity index (χ4v) is 8.68. The van der Waals surface area contributed by atoms with Crippen LogP contribution >= 0.6 is 26.8 Å². The van der Waals surface area contributed by atoms with E-state index in [-0.39, 0.29) is 0 Å². The van der Waals surface area contributed by atoms with Gasteiger partial charge < -0.3 is 0 Å². The van der Waals surface area contributed by atoms with Crippen molar-refractivity contribution in [2.45, 2.75) is 29.6 Å². The second kappa shape index (κ2) is 3.38. The maximum absolute atomic E-state index is 5.88. The van der Waals surface area contributed by atoms with E-state index in [1.165, 1.54) is 25.7 Å². The Morgan fingerprint density at radius 1 is 1.00 bits per heavy atom. The third-order valence-electron chi connectivity index (χ3n) is 1.82. The maximum atomic E-state index is 5.88. The van der Waals surface area contributed by atoms with Crippen molar-refractivity contribution >= 4 is 41.8 Å². The number of halogens is 3. The van der Waals surface area contributed by atoms with Gasteiger partial charge in [0.15, 0.2) is 0 Å². The zero-order chi connectivity index (χ0) is 6.91. The van der Waals surface area contributed by atoms with Crippen molar-refractivity contribution in [3.8, 4) is 0 Å². The molecule has 0 aromatic rings. The minimum atomic E-state index is -2.98. The van der Waals surface area contributed by atoms with E-state index < -0.39 is 15.0 Å². The Kier molecular flexibility index (Phi) is 3.29. The molecule has 1 rings (SSSR count). The molecule has 54 valence electrons. The Bertz CT molecular complexity index is 92.9. The van der Waals surface area contributed by atoms with Gasteiger partial charge in [0.05, 0.1) is 0 Å². The molecule has 1 aliphatic rings. The molecular weight excluding hydrogens is 285 g/mol. The average molecular weight is 294 g/mol. The summed E-state index contributed by atoms with van der Waals surface area (Å²) in [6.07, 6.45) is 4.89. The molecule has 1 saturated carbocycles. The molecule has 0 spiro atoms. The molecule has 9 heavy (non-hydrogen) atoms. The van der Waals surface area contributed by atoms with Crippen LogP contribution in [0.2, 0.25) is 3.93 Å². The molecule has 1 fully saturated rings. The molecule has 0 aromatic heterocycles. The topological polar surface area (TPSA) is 0 Å². The minimum absolute atomic E-state index is 0.518. The molecule has 0 N–H and O–H groups in total. The number of hydrogen-bond acceptors (Lipinski definition) is 0. The van der Waals surface area contributed by atoms with Gasteiger partial charge in [-0.25, -0.2) is 0 Å².